The number of carbonyl (C=O) groups excluding carboxylic acids is 1. The third-order valence-electron chi connectivity index (χ3n) is 3.41. The Labute approximate surface area is 126 Å². The highest BCUT2D eigenvalue weighted by Crippen LogP contribution is 2.17. The fraction of sp³-hybridized carbons (Fsp3) is 0.500. The number of urea groups is 1. The molecule has 0 bridgehead atoms. The monoisotopic (exact) mass is 292 g/mol. The van der Waals surface area contributed by atoms with Crippen LogP contribution in [0.2, 0.25) is 0 Å². The molecule has 21 heavy (non-hydrogen) atoms. The van der Waals surface area contributed by atoms with Crippen molar-refractivity contribution in [1.82, 2.24) is 10.2 Å². The molecule has 0 fully saturated rings. The number of carboxylic acid groups (broad SMARTS) is 1. The predicted molar refractivity (Wildman–Crippen MR) is 82.4 cm³/mol. The summed E-state index contributed by atoms with van der Waals surface area (Å²) in [5.74, 6) is -0.657. The van der Waals surface area contributed by atoms with E-state index in [2.05, 4.69) is 24.4 Å². The summed E-state index contributed by atoms with van der Waals surface area (Å²) in [5, 5.41) is 11.6. The van der Waals surface area contributed by atoms with Gasteiger partial charge in [0.25, 0.3) is 0 Å². The lowest BCUT2D eigenvalue weighted by atomic mass is 9.98. The van der Waals surface area contributed by atoms with Crippen LogP contribution in [0.25, 0.3) is 0 Å². The molecule has 0 saturated carbocycles. The summed E-state index contributed by atoms with van der Waals surface area (Å²) >= 11 is 0. The molecule has 0 aliphatic rings. The number of carboxylic acids is 1. The Morgan fingerprint density at radius 3 is 2.33 bits per heavy atom. The zero-order valence-corrected chi connectivity index (χ0v) is 12.9. The van der Waals surface area contributed by atoms with E-state index in [9.17, 15) is 9.59 Å². The molecule has 0 aliphatic carbocycles. The molecule has 0 saturated heterocycles. The number of amides is 2. The van der Waals surface area contributed by atoms with Crippen molar-refractivity contribution >= 4 is 12.0 Å². The van der Waals surface area contributed by atoms with Crippen LogP contribution in [0, 0.1) is 0 Å². The van der Waals surface area contributed by atoms with Crippen LogP contribution in [-0.2, 0) is 4.79 Å². The van der Waals surface area contributed by atoms with Crippen LogP contribution in [0.5, 0.6) is 0 Å². The molecular weight excluding hydrogens is 268 g/mol. The lowest BCUT2D eigenvalue weighted by Crippen LogP contribution is -2.46. The molecule has 5 nitrogen and oxygen atoms in total. The van der Waals surface area contributed by atoms with Crippen molar-refractivity contribution in [3.8, 4) is 0 Å². The van der Waals surface area contributed by atoms with E-state index in [1.807, 2.05) is 18.2 Å². The average molecular weight is 292 g/mol. The van der Waals surface area contributed by atoms with Crippen molar-refractivity contribution in [2.24, 2.45) is 0 Å². The van der Waals surface area contributed by atoms with Crippen molar-refractivity contribution < 1.29 is 14.7 Å². The second-order valence-corrected chi connectivity index (χ2v) is 5.45. The highest BCUT2D eigenvalue weighted by Gasteiger charge is 2.19. The Morgan fingerprint density at radius 2 is 1.81 bits per heavy atom. The molecule has 0 aromatic heterocycles. The number of aliphatic carboxylic acids is 1. The van der Waals surface area contributed by atoms with Crippen molar-refractivity contribution in [2.75, 3.05) is 13.1 Å². The molecule has 5 heteroatoms. The number of hydrogen-bond donors (Lipinski definition) is 2. The lowest BCUT2D eigenvalue weighted by molar-refractivity contribution is -0.138. The Bertz CT molecular complexity index is 460. The second kappa shape index (κ2) is 8.29. The predicted octanol–water partition coefficient (Wildman–Crippen LogP) is 2.68. The number of nitrogens with one attached hydrogen (secondary N) is 1. The molecule has 0 aliphatic heterocycles. The van der Waals surface area contributed by atoms with Gasteiger partial charge in [0.05, 0.1) is 0 Å². The van der Waals surface area contributed by atoms with Crippen molar-refractivity contribution in [1.29, 1.82) is 0 Å². The first-order chi connectivity index (χ1) is 9.91. The molecule has 0 spiro atoms. The van der Waals surface area contributed by atoms with Gasteiger partial charge in [0.2, 0.25) is 0 Å². The number of nitrogens with zero attached hydrogens (tertiary/aromatic N) is 1. The lowest BCUT2D eigenvalue weighted by Gasteiger charge is -2.25. The average Bonchev–Trinajstić information content (AvgIpc) is 2.45. The Hall–Kier alpha value is -2.04. The minimum absolute atomic E-state index is 0.146. The maximum Gasteiger partial charge on any atom is 0.323 e. The summed E-state index contributed by atoms with van der Waals surface area (Å²) in [6, 6.07) is 9.63. The molecule has 1 unspecified atom stereocenters. The quantitative estimate of drug-likeness (QED) is 0.811. The van der Waals surface area contributed by atoms with Gasteiger partial charge in [0, 0.05) is 12.6 Å². The normalized spacial score (nSPS) is 12.0. The number of carbonyl (C=O) groups is 2. The van der Waals surface area contributed by atoms with Gasteiger partial charge in [-0.25, -0.2) is 4.79 Å². The Morgan fingerprint density at radius 1 is 1.19 bits per heavy atom. The number of benzene rings is 1. The summed E-state index contributed by atoms with van der Waals surface area (Å²) in [4.78, 5) is 24.1. The van der Waals surface area contributed by atoms with E-state index < -0.39 is 5.97 Å². The first kappa shape index (κ1) is 17.0. The van der Waals surface area contributed by atoms with Gasteiger partial charge < -0.3 is 15.3 Å². The van der Waals surface area contributed by atoms with Crippen LogP contribution in [0.15, 0.2) is 30.3 Å². The van der Waals surface area contributed by atoms with Crippen molar-refractivity contribution in [3.05, 3.63) is 35.9 Å². The van der Waals surface area contributed by atoms with Gasteiger partial charge >= 0.3 is 12.0 Å². The molecule has 1 atom stereocenters. The Kier molecular flexibility index (Phi) is 6.72. The second-order valence-electron chi connectivity index (χ2n) is 5.45. The van der Waals surface area contributed by atoms with Crippen LogP contribution in [0.3, 0.4) is 0 Å². The van der Waals surface area contributed by atoms with Gasteiger partial charge in [-0.15, -0.1) is 0 Å². The van der Waals surface area contributed by atoms with Gasteiger partial charge in [0.1, 0.15) is 6.54 Å². The molecule has 1 aromatic rings. The molecule has 0 radical (unpaired) electrons. The van der Waals surface area contributed by atoms with Crippen LogP contribution in [0.4, 0.5) is 4.79 Å². The zero-order chi connectivity index (χ0) is 15.8. The smallest absolute Gasteiger partial charge is 0.323 e. The van der Waals surface area contributed by atoms with Gasteiger partial charge in [-0.1, -0.05) is 37.3 Å². The van der Waals surface area contributed by atoms with E-state index in [0.29, 0.717) is 12.5 Å². The number of hydrogen-bond acceptors (Lipinski definition) is 2. The summed E-state index contributed by atoms with van der Waals surface area (Å²) < 4.78 is 0. The third kappa shape index (κ3) is 5.85. The van der Waals surface area contributed by atoms with Crippen LogP contribution in [-0.4, -0.2) is 41.1 Å². The largest absolute Gasteiger partial charge is 0.480 e. The summed E-state index contributed by atoms with van der Waals surface area (Å²) in [6.45, 7) is 5.96. The fourth-order valence-electron chi connectivity index (χ4n) is 2.08. The van der Waals surface area contributed by atoms with E-state index in [4.69, 9.17) is 5.11 Å². The molecule has 0 heterocycles. The standard InChI is InChI=1S/C16H24N2O3/c1-12(2)18(11-15(19)20)16(21)17-10-9-13(3)14-7-5-4-6-8-14/h4-8,12-13H,9-11H2,1-3H3,(H,17,21)(H,19,20). The summed E-state index contributed by atoms with van der Waals surface area (Å²) in [6.07, 6.45) is 0.814. The maximum atomic E-state index is 12.0. The third-order valence-corrected chi connectivity index (χ3v) is 3.41. The first-order valence-electron chi connectivity index (χ1n) is 7.23. The minimum Gasteiger partial charge on any atom is -0.480 e. The van der Waals surface area contributed by atoms with E-state index in [1.165, 1.54) is 10.5 Å². The molecule has 2 N–H and O–H groups in total. The van der Waals surface area contributed by atoms with E-state index in [-0.39, 0.29) is 18.6 Å². The van der Waals surface area contributed by atoms with Crippen LogP contribution < -0.4 is 5.32 Å². The van der Waals surface area contributed by atoms with E-state index in [0.717, 1.165) is 6.42 Å². The summed E-state index contributed by atoms with van der Waals surface area (Å²) in [5.41, 5.74) is 1.23. The zero-order valence-electron chi connectivity index (χ0n) is 12.9. The fourth-order valence-corrected chi connectivity index (χ4v) is 2.08. The van der Waals surface area contributed by atoms with Gasteiger partial charge in [0.15, 0.2) is 0 Å². The summed E-state index contributed by atoms with van der Waals surface area (Å²) in [7, 11) is 0. The van der Waals surface area contributed by atoms with Crippen LogP contribution >= 0.6 is 0 Å². The van der Waals surface area contributed by atoms with Gasteiger partial charge in [-0.3, -0.25) is 4.79 Å². The molecule has 2 amide bonds. The number of rotatable bonds is 7. The van der Waals surface area contributed by atoms with E-state index >= 15 is 0 Å². The minimum atomic E-state index is -1.00. The molecular formula is C16H24N2O3. The molecule has 1 rings (SSSR count). The topological polar surface area (TPSA) is 69.6 Å². The highest BCUT2D eigenvalue weighted by atomic mass is 16.4. The first-order valence-corrected chi connectivity index (χ1v) is 7.23. The van der Waals surface area contributed by atoms with Crippen molar-refractivity contribution in [2.45, 2.75) is 39.2 Å². The molecule has 116 valence electrons. The SMILES string of the molecule is CC(CCNC(=O)N(CC(=O)O)C(C)C)c1ccccc1. The van der Waals surface area contributed by atoms with E-state index in [1.54, 1.807) is 13.8 Å². The van der Waals surface area contributed by atoms with Gasteiger partial charge in [-0.2, -0.15) is 0 Å². The molecule has 1 aromatic carbocycles. The van der Waals surface area contributed by atoms with Crippen LogP contribution in [0.1, 0.15) is 38.7 Å². The maximum absolute atomic E-state index is 12.0. The van der Waals surface area contributed by atoms with Gasteiger partial charge in [-0.05, 0) is 31.7 Å². The van der Waals surface area contributed by atoms with Crippen molar-refractivity contribution in [3.63, 3.8) is 0 Å². The highest BCUT2D eigenvalue weighted by molar-refractivity contribution is 5.80. The Balaban J connectivity index is 2.43.